The smallest absolute Gasteiger partial charge is 0.262 e. The Morgan fingerprint density at radius 2 is 1.32 bits per heavy atom. The van der Waals surface area contributed by atoms with Gasteiger partial charge in [-0.2, -0.15) is 0 Å². The van der Waals surface area contributed by atoms with E-state index in [0.29, 0.717) is 22.7 Å². The molecule has 0 aromatic heterocycles. The highest BCUT2D eigenvalue weighted by Crippen LogP contribution is 2.17. The van der Waals surface area contributed by atoms with E-state index in [-0.39, 0.29) is 18.4 Å². The van der Waals surface area contributed by atoms with Crippen molar-refractivity contribution in [2.75, 3.05) is 17.2 Å². The van der Waals surface area contributed by atoms with Crippen LogP contribution in [-0.2, 0) is 4.79 Å². The molecule has 0 atom stereocenters. The van der Waals surface area contributed by atoms with Gasteiger partial charge in [0.15, 0.2) is 6.61 Å². The van der Waals surface area contributed by atoms with Gasteiger partial charge in [-0.25, -0.2) is 0 Å². The predicted octanol–water partition coefficient (Wildman–Crippen LogP) is 4.57. The highest BCUT2D eigenvalue weighted by Gasteiger charge is 2.09. The van der Waals surface area contributed by atoms with Crippen LogP contribution in [0.2, 0.25) is 0 Å². The molecule has 0 unspecified atom stereocenters. The normalized spacial score (nSPS) is 10.2. The van der Waals surface area contributed by atoms with Gasteiger partial charge in [0.05, 0.1) is 0 Å². The van der Waals surface area contributed by atoms with E-state index in [1.165, 1.54) is 0 Å². The van der Waals surface area contributed by atoms with Crippen molar-refractivity contribution in [1.29, 1.82) is 0 Å². The summed E-state index contributed by atoms with van der Waals surface area (Å²) in [5.74, 6) is 0.272. The van der Waals surface area contributed by atoms with Crippen LogP contribution in [0.3, 0.4) is 0 Å². The van der Waals surface area contributed by atoms with Gasteiger partial charge in [-0.1, -0.05) is 36.4 Å². The van der Waals surface area contributed by atoms with Crippen LogP contribution in [0.15, 0.2) is 72.8 Å². The first-order valence-electron chi connectivity index (χ1n) is 8.98. The van der Waals surface area contributed by atoms with Crippen LogP contribution in [0.5, 0.6) is 5.75 Å². The molecular formula is C23H22N2O3. The van der Waals surface area contributed by atoms with Gasteiger partial charge in [-0.3, -0.25) is 9.59 Å². The third kappa shape index (κ3) is 4.98. The summed E-state index contributed by atoms with van der Waals surface area (Å²) in [5.41, 5.74) is 3.81. The average molecular weight is 374 g/mol. The van der Waals surface area contributed by atoms with Crippen molar-refractivity contribution in [1.82, 2.24) is 0 Å². The molecule has 3 aromatic carbocycles. The second kappa shape index (κ2) is 8.86. The molecule has 142 valence electrons. The number of anilines is 2. The monoisotopic (exact) mass is 374 g/mol. The number of carbonyl (C=O) groups excluding carboxylic acids is 2. The van der Waals surface area contributed by atoms with Crippen molar-refractivity contribution in [3.05, 3.63) is 89.5 Å². The lowest BCUT2D eigenvalue weighted by molar-refractivity contribution is -0.118. The molecule has 0 radical (unpaired) electrons. The average Bonchev–Trinajstić information content (AvgIpc) is 2.69. The second-order valence-corrected chi connectivity index (χ2v) is 6.45. The van der Waals surface area contributed by atoms with Crippen LogP contribution in [-0.4, -0.2) is 18.4 Å². The zero-order chi connectivity index (χ0) is 19.9. The fourth-order valence-electron chi connectivity index (χ4n) is 2.72. The van der Waals surface area contributed by atoms with Gasteiger partial charge in [0.25, 0.3) is 11.8 Å². The number of nitrogens with one attached hydrogen (secondary N) is 2. The molecule has 3 aromatic rings. The van der Waals surface area contributed by atoms with Gasteiger partial charge >= 0.3 is 0 Å². The highest BCUT2D eigenvalue weighted by atomic mass is 16.5. The zero-order valence-corrected chi connectivity index (χ0v) is 15.9. The lowest BCUT2D eigenvalue weighted by Gasteiger charge is -2.10. The molecule has 2 amide bonds. The van der Waals surface area contributed by atoms with Gasteiger partial charge in [-0.15, -0.1) is 0 Å². The lowest BCUT2D eigenvalue weighted by atomic mass is 10.1. The summed E-state index contributed by atoms with van der Waals surface area (Å²) >= 11 is 0. The maximum atomic E-state index is 12.3. The van der Waals surface area contributed by atoms with Crippen molar-refractivity contribution in [2.45, 2.75) is 13.8 Å². The maximum absolute atomic E-state index is 12.3. The third-order valence-electron chi connectivity index (χ3n) is 4.27. The van der Waals surface area contributed by atoms with Gasteiger partial charge < -0.3 is 15.4 Å². The first kappa shape index (κ1) is 19.2. The number of para-hydroxylation sites is 1. The molecule has 5 heteroatoms. The van der Waals surface area contributed by atoms with Gasteiger partial charge in [0.1, 0.15) is 5.75 Å². The summed E-state index contributed by atoms with van der Waals surface area (Å²) < 4.78 is 5.54. The highest BCUT2D eigenvalue weighted by molar-refractivity contribution is 6.05. The Balaban J connectivity index is 1.54. The Kier molecular flexibility index (Phi) is 6.07. The largest absolute Gasteiger partial charge is 0.483 e. The zero-order valence-electron chi connectivity index (χ0n) is 15.9. The molecule has 0 aliphatic heterocycles. The van der Waals surface area contributed by atoms with Gasteiger partial charge in [-0.05, 0) is 61.4 Å². The maximum Gasteiger partial charge on any atom is 0.262 e. The van der Waals surface area contributed by atoms with Crippen LogP contribution in [0, 0.1) is 13.8 Å². The van der Waals surface area contributed by atoms with E-state index in [2.05, 4.69) is 10.6 Å². The van der Waals surface area contributed by atoms with Crippen molar-refractivity contribution >= 4 is 23.2 Å². The summed E-state index contributed by atoms with van der Waals surface area (Å²) in [4.78, 5) is 24.4. The molecule has 0 fully saturated rings. The molecule has 0 spiro atoms. The summed E-state index contributed by atoms with van der Waals surface area (Å²) in [6, 6.07) is 21.9. The Labute approximate surface area is 164 Å². The van der Waals surface area contributed by atoms with E-state index in [1.807, 2.05) is 56.3 Å². The standard InChI is InChI=1S/C23H22N2O3/c1-16-7-3-5-9-20(16)23(27)25-19-13-11-18(12-14-19)24-22(26)15-28-21-10-6-4-8-17(21)2/h3-14H,15H2,1-2H3,(H,24,26)(H,25,27). The molecule has 3 rings (SSSR count). The molecule has 0 bridgehead atoms. The minimum atomic E-state index is -0.250. The minimum absolute atomic E-state index is 0.0728. The van der Waals surface area contributed by atoms with E-state index >= 15 is 0 Å². The summed E-state index contributed by atoms with van der Waals surface area (Å²) in [5, 5.41) is 5.63. The number of hydrogen-bond acceptors (Lipinski definition) is 3. The first-order chi connectivity index (χ1) is 13.5. The molecule has 0 heterocycles. The topological polar surface area (TPSA) is 67.4 Å². The van der Waals surface area contributed by atoms with Gasteiger partial charge in [0.2, 0.25) is 0 Å². The van der Waals surface area contributed by atoms with E-state index < -0.39 is 0 Å². The SMILES string of the molecule is Cc1ccccc1OCC(=O)Nc1ccc(NC(=O)c2ccccc2C)cc1. The van der Waals surface area contributed by atoms with Crippen molar-refractivity contribution in [3.8, 4) is 5.75 Å². The number of ether oxygens (including phenoxy) is 1. The number of rotatable bonds is 6. The first-order valence-corrected chi connectivity index (χ1v) is 8.98. The van der Waals surface area contributed by atoms with Gasteiger partial charge in [0, 0.05) is 16.9 Å². The van der Waals surface area contributed by atoms with Crippen molar-refractivity contribution in [3.63, 3.8) is 0 Å². The molecule has 28 heavy (non-hydrogen) atoms. The molecular weight excluding hydrogens is 352 g/mol. The molecule has 5 nitrogen and oxygen atoms in total. The van der Waals surface area contributed by atoms with Crippen LogP contribution in [0.4, 0.5) is 11.4 Å². The van der Waals surface area contributed by atoms with E-state index in [0.717, 1.165) is 11.1 Å². The van der Waals surface area contributed by atoms with Crippen LogP contribution in [0.25, 0.3) is 0 Å². The fourth-order valence-corrected chi connectivity index (χ4v) is 2.72. The molecule has 0 aliphatic rings. The Bertz CT molecular complexity index is 981. The van der Waals surface area contributed by atoms with Crippen LogP contribution < -0.4 is 15.4 Å². The Morgan fingerprint density at radius 1 is 0.750 bits per heavy atom. The number of hydrogen-bond donors (Lipinski definition) is 2. The lowest BCUT2D eigenvalue weighted by Crippen LogP contribution is -2.20. The molecule has 0 saturated heterocycles. The fraction of sp³-hybridized carbons (Fsp3) is 0.130. The molecule has 0 aliphatic carbocycles. The Hall–Kier alpha value is -3.60. The number of benzene rings is 3. The minimum Gasteiger partial charge on any atom is -0.483 e. The van der Waals surface area contributed by atoms with E-state index in [4.69, 9.17) is 4.74 Å². The quantitative estimate of drug-likeness (QED) is 0.664. The second-order valence-electron chi connectivity index (χ2n) is 6.45. The van der Waals surface area contributed by atoms with Crippen molar-refractivity contribution < 1.29 is 14.3 Å². The van der Waals surface area contributed by atoms with Crippen LogP contribution >= 0.6 is 0 Å². The predicted molar refractivity (Wildman–Crippen MR) is 111 cm³/mol. The third-order valence-corrected chi connectivity index (χ3v) is 4.27. The van der Waals surface area contributed by atoms with Crippen molar-refractivity contribution in [2.24, 2.45) is 0 Å². The summed E-state index contributed by atoms with van der Waals surface area (Å²) in [7, 11) is 0. The van der Waals surface area contributed by atoms with Crippen LogP contribution in [0.1, 0.15) is 21.5 Å². The number of aryl methyl sites for hydroxylation is 2. The molecule has 2 N–H and O–H groups in total. The number of carbonyl (C=O) groups is 2. The number of amides is 2. The van der Waals surface area contributed by atoms with E-state index in [9.17, 15) is 9.59 Å². The summed E-state index contributed by atoms with van der Waals surface area (Å²) in [6.45, 7) is 3.75. The summed E-state index contributed by atoms with van der Waals surface area (Å²) in [6.07, 6.45) is 0. The van der Waals surface area contributed by atoms with E-state index in [1.54, 1.807) is 30.3 Å². The Morgan fingerprint density at radius 3 is 1.96 bits per heavy atom. The molecule has 0 saturated carbocycles.